The number of nitrogens with zero attached hydrogens (tertiary/aromatic N) is 1. The Morgan fingerprint density at radius 1 is 1.44 bits per heavy atom. The third-order valence-electron chi connectivity index (χ3n) is 3.51. The predicted octanol–water partition coefficient (Wildman–Crippen LogP) is 1.88. The Morgan fingerprint density at radius 2 is 2.19 bits per heavy atom. The summed E-state index contributed by atoms with van der Waals surface area (Å²) in [5.74, 6) is 0. The largest absolute Gasteiger partial charge is 0.377 e. The Labute approximate surface area is 101 Å². The number of rotatable bonds is 7. The van der Waals surface area contributed by atoms with E-state index in [0.717, 1.165) is 19.7 Å². The molecule has 1 saturated heterocycles. The van der Waals surface area contributed by atoms with Crippen LogP contribution >= 0.6 is 0 Å². The van der Waals surface area contributed by atoms with Crippen molar-refractivity contribution in [1.29, 1.82) is 0 Å². The molecule has 1 aliphatic rings. The lowest BCUT2D eigenvalue weighted by atomic mass is 9.94. The van der Waals surface area contributed by atoms with Gasteiger partial charge in [0.25, 0.3) is 0 Å². The lowest BCUT2D eigenvalue weighted by Crippen LogP contribution is -2.49. The Balaban J connectivity index is 2.24. The van der Waals surface area contributed by atoms with E-state index in [1.165, 1.54) is 25.8 Å². The van der Waals surface area contributed by atoms with Crippen molar-refractivity contribution in [2.24, 2.45) is 0 Å². The van der Waals surface area contributed by atoms with E-state index in [0.29, 0.717) is 11.6 Å². The molecule has 0 aromatic carbocycles. The summed E-state index contributed by atoms with van der Waals surface area (Å²) in [5.41, 5.74) is 0.368. The Hall–Kier alpha value is -0.120. The van der Waals surface area contributed by atoms with E-state index in [1.54, 1.807) is 0 Å². The molecule has 0 saturated carbocycles. The lowest BCUT2D eigenvalue weighted by molar-refractivity contribution is 0.0587. The van der Waals surface area contributed by atoms with Crippen LogP contribution in [0.4, 0.5) is 0 Å². The number of ether oxygens (including phenoxy) is 1. The molecule has 1 aliphatic heterocycles. The molecule has 0 aliphatic carbocycles. The predicted molar refractivity (Wildman–Crippen MR) is 68.8 cm³/mol. The van der Waals surface area contributed by atoms with Gasteiger partial charge >= 0.3 is 0 Å². The minimum Gasteiger partial charge on any atom is -0.377 e. The van der Waals surface area contributed by atoms with Gasteiger partial charge in [0.15, 0.2) is 0 Å². The normalized spacial score (nSPS) is 25.9. The molecule has 1 fully saturated rings. The molecule has 0 spiro atoms. The van der Waals surface area contributed by atoms with Crippen LogP contribution in [0.1, 0.15) is 40.0 Å². The van der Waals surface area contributed by atoms with Crippen LogP contribution in [0.5, 0.6) is 0 Å². The third-order valence-corrected chi connectivity index (χ3v) is 3.51. The quantitative estimate of drug-likeness (QED) is 0.720. The highest BCUT2D eigenvalue weighted by Crippen LogP contribution is 2.23. The van der Waals surface area contributed by atoms with Crippen molar-refractivity contribution in [3.8, 4) is 0 Å². The molecule has 1 atom stereocenters. The molecule has 1 heterocycles. The van der Waals surface area contributed by atoms with E-state index in [1.807, 2.05) is 0 Å². The summed E-state index contributed by atoms with van der Waals surface area (Å²) < 4.78 is 5.58. The molecule has 96 valence electrons. The van der Waals surface area contributed by atoms with Crippen LogP contribution < -0.4 is 5.32 Å². The maximum Gasteiger partial charge on any atom is 0.0596 e. The molecule has 0 aromatic rings. The molecule has 16 heavy (non-hydrogen) atoms. The number of likely N-dealkylation sites (N-methyl/N-ethyl adjacent to an activating group) is 1. The summed E-state index contributed by atoms with van der Waals surface area (Å²) in [7, 11) is 2.20. The zero-order chi connectivity index (χ0) is 12.0. The molecule has 0 bridgehead atoms. The van der Waals surface area contributed by atoms with E-state index in [2.05, 4.69) is 38.0 Å². The van der Waals surface area contributed by atoms with E-state index in [9.17, 15) is 0 Å². The molecule has 0 radical (unpaired) electrons. The zero-order valence-electron chi connectivity index (χ0n) is 11.4. The first-order valence-corrected chi connectivity index (χ1v) is 6.63. The standard InChI is InChI=1S/C13H28N2O/c1-5-13(7-6-8-14-13)11-15(4)9-10-16-12(2)3/h12,14H,5-11H2,1-4H3. The fourth-order valence-corrected chi connectivity index (χ4v) is 2.46. The average molecular weight is 228 g/mol. The Morgan fingerprint density at radius 3 is 2.69 bits per heavy atom. The summed E-state index contributed by atoms with van der Waals surface area (Å²) in [6, 6.07) is 0. The van der Waals surface area contributed by atoms with Crippen molar-refractivity contribution >= 4 is 0 Å². The van der Waals surface area contributed by atoms with Crippen LogP contribution in [0.3, 0.4) is 0 Å². The molecule has 1 unspecified atom stereocenters. The first-order chi connectivity index (χ1) is 7.58. The van der Waals surface area contributed by atoms with Crippen LogP contribution in [0.2, 0.25) is 0 Å². The van der Waals surface area contributed by atoms with Crippen molar-refractivity contribution in [2.45, 2.75) is 51.7 Å². The summed E-state index contributed by atoms with van der Waals surface area (Å²) in [5, 5.41) is 3.67. The summed E-state index contributed by atoms with van der Waals surface area (Å²) in [6.07, 6.45) is 4.21. The summed E-state index contributed by atoms with van der Waals surface area (Å²) >= 11 is 0. The SMILES string of the molecule is CCC1(CN(C)CCOC(C)C)CCCN1. The van der Waals surface area contributed by atoms with Crippen molar-refractivity contribution in [2.75, 3.05) is 33.3 Å². The van der Waals surface area contributed by atoms with Gasteiger partial charge in [0.1, 0.15) is 0 Å². The first kappa shape index (κ1) is 13.9. The van der Waals surface area contributed by atoms with Gasteiger partial charge in [-0.3, -0.25) is 0 Å². The number of hydrogen-bond donors (Lipinski definition) is 1. The molecule has 0 aromatic heterocycles. The fourth-order valence-electron chi connectivity index (χ4n) is 2.46. The molecule has 0 amide bonds. The van der Waals surface area contributed by atoms with E-state index < -0.39 is 0 Å². The van der Waals surface area contributed by atoms with E-state index in [4.69, 9.17) is 4.74 Å². The van der Waals surface area contributed by atoms with Crippen molar-refractivity contribution in [3.05, 3.63) is 0 Å². The van der Waals surface area contributed by atoms with Crippen LogP contribution in [0.15, 0.2) is 0 Å². The molecule has 3 nitrogen and oxygen atoms in total. The van der Waals surface area contributed by atoms with Gasteiger partial charge in [-0.25, -0.2) is 0 Å². The minimum atomic E-state index is 0.346. The second-order valence-corrected chi connectivity index (χ2v) is 5.32. The molecular weight excluding hydrogens is 200 g/mol. The topological polar surface area (TPSA) is 24.5 Å². The number of hydrogen-bond acceptors (Lipinski definition) is 3. The van der Waals surface area contributed by atoms with Gasteiger partial charge < -0.3 is 15.0 Å². The summed E-state index contributed by atoms with van der Waals surface area (Å²) in [6.45, 7) is 10.7. The van der Waals surface area contributed by atoms with Crippen molar-refractivity contribution in [3.63, 3.8) is 0 Å². The number of nitrogens with one attached hydrogen (secondary N) is 1. The average Bonchev–Trinajstić information content (AvgIpc) is 2.66. The fraction of sp³-hybridized carbons (Fsp3) is 1.00. The first-order valence-electron chi connectivity index (χ1n) is 6.63. The lowest BCUT2D eigenvalue weighted by Gasteiger charge is -2.33. The van der Waals surface area contributed by atoms with E-state index >= 15 is 0 Å². The van der Waals surface area contributed by atoms with Crippen LogP contribution in [-0.4, -0.2) is 49.8 Å². The second-order valence-electron chi connectivity index (χ2n) is 5.32. The minimum absolute atomic E-state index is 0.346. The molecule has 3 heteroatoms. The van der Waals surface area contributed by atoms with Gasteiger partial charge in [-0.05, 0) is 46.7 Å². The molecular formula is C13H28N2O. The van der Waals surface area contributed by atoms with Gasteiger partial charge in [-0.1, -0.05) is 6.92 Å². The highest BCUT2D eigenvalue weighted by Gasteiger charge is 2.32. The molecule has 1 N–H and O–H groups in total. The van der Waals surface area contributed by atoms with Crippen molar-refractivity contribution < 1.29 is 4.74 Å². The Kier molecular flexibility index (Phi) is 5.73. The van der Waals surface area contributed by atoms with Gasteiger partial charge in [0.05, 0.1) is 12.7 Å². The van der Waals surface area contributed by atoms with E-state index in [-0.39, 0.29) is 0 Å². The maximum absolute atomic E-state index is 5.58. The Bertz CT molecular complexity index is 188. The van der Waals surface area contributed by atoms with Gasteiger partial charge in [-0.2, -0.15) is 0 Å². The highest BCUT2D eigenvalue weighted by molar-refractivity contribution is 4.93. The van der Waals surface area contributed by atoms with Crippen LogP contribution in [0.25, 0.3) is 0 Å². The van der Waals surface area contributed by atoms with Gasteiger partial charge in [0.2, 0.25) is 0 Å². The third kappa shape index (κ3) is 4.40. The van der Waals surface area contributed by atoms with Crippen molar-refractivity contribution in [1.82, 2.24) is 10.2 Å². The van der Waals surface area contributed by atoms with Gasteiger partial charge in [0, 0.05) is 18.6 Å². The zero-order valence-corrected chi connectivity index (χ0v) is 11.4. The molecule has 1 rings (SSSR count). The van der Waals surface area contributed by atoms with Crippen LogP contribution in [0, 0.1) is 0 Å². The second kappa shape index (κ2) is 6.58. The maximum atomic E-state index is 5.58. The smallest absolute Gasteiger partial charge is 0.0596 e. The van der Waals surface area contributed by atoms with Crippen LogP contribution in [-0.2, 0) is 4.74 Å². The van der Waals surface area contributed by atoms with Gasteiger partial charge in [-0.15, -0.1) is 0 Å². The highest BCUT2D eigenvalue weighted by atomic mass is 16.5. The summed E-state index contributed by atoms with van der Waals surface area (Å²) in [4.78, 5) is 2.39. The monoisotopic (exact) mass is 228 g/mol.